The zero-order valence-corrected chi connectivity index (χ0v) is 18.1. The molecule has 0 aliphatic rings. The number of benzene rings is 2. The van der Waals surface area contributed by atoms with E-state index < -0.39 is 18.5 Å². The van der Waals surface area contributed by atoms with Gasteiger partial charge in [0, 0.05) is 29.7 Å². The van der Waals surface area contributed by atoms with Crippen LogP contribution in [0.4, 0.5) is 5.69 Å². The summed E-state index contributed by atoms with van der Waals surface area (Å²) in [6, 6.07) is 16.8. The van der Waals surface area contributed by atoms with E-state index in [0.29, 0.717) is 29.3 Å². The largest absolute Gasteiger partial charge is 0.493 e. The molecule has 0 aliphatic heterocycles. The van der Waals surface area contributed by atoms with Crippen LogP contribution in [0, 0.1) is 13.8 Å². The third-order valence-electron chi connectivity index (χ3n) is 4.98. The molecule has 1 N–H and O–H groups in total. The minimum Gasteiger partial charge on any atom is -0.493 e. The second kappa shape index (κ2) is 9.84. The molecule has 0 radical (unpaired) electrons. The van der Waals surface area contributed by atoms with Crippen molar-refractivity contribution in [1.82, 2.24) is 4.57 Å². The first-order valence-corrected chi connectivity index (χ1v) is 9.82. The number of anilines is 1. The van der Waals surface area contributed by atoms with Gasteiger partial charge in [0.05, 0.1) is 19.8 Å². The van der Waals surface area contributed by atoms with Crippen LogP contribution in [0.3, 0.4) is 0 Å². The molecular formula is C24H26N2O5. The molecule has 0 saturated heterocycles. The average Bonchev–Trinajstić information content (AvgIpc) is 3.06. The first-order chi connectivity index (χ1) is 14.9. The van der Waals surface area contributed by atoms with E-state index in [9.17, 15) is 9.59 Å². The highest BCUT2D eigenvalue weighted by atomic mass is 16.5. The number of hydrogen-bond donors (Lipinski definition) is 1. The normalized spacial score (nSPS) is 10.5. The van der Waals surface area contributed by atoms with Gasteiger partial charge in [-0.15, -0.1) is 0 Å². The SMILES string of the molecule is COc1ccc(NC(=O)COC(=O)c2cc(C)n(Cc3ccccc3)c2C)cc1OC. The van der Waals surface area contributed by atoms with Crippen LogP contribution in [-0.2, 0) is 16.1 Å². The smallest absolute Gasteiger partial charge is 0.340 e. The number of amides is 1. The Hall–Kier alpha value is -3.74. The van der Waals surface area contributed by atoms with Gasteiger partial charge in [0.15, 0.2) is 18.1 Å². The lowest BCUT2D eigenvalue weighted by molar-refractivity contribution is -0.119. The number of aromatic nitrogens is 1. The van der Waals surface area contributed by atoms with Crippen LogP contribution in [0.15, 0.2) is 54.6 Å². The zero-order valence-electron chi connectivity index (χ0n) is 18.1. The van der Waals surface area contributed by atoms with E-state index in [0.717, 1.165) is 17.0 Å². The fourth-order valence-electron chi connectivity index (χ4n) is 3.34. The monoisotopic (exact) mass is 422 g/mol. The average molecular weight is 422 g/mol. The molecule has 7 nitrogen and oxygen atoms in total. The molecule has 1 aromatic heterocycles. The number of esters is 1. The summed E-state index contributed by atoms with van der Waals surface area (Å²) in [7, 11) is 3.05. The van der Waals surface area contributed by atoms with Crippen LogP contribution in [0.2, 0.25) is 0 Å². The maximum Gasteiger partial charge on any atom is 0.340 e. The Morgan fingerprint density at radius 2 is 1.65 bits per heavy atom. The van der Waals surface area contributed by atoms with Crippen molar-refractivity contribution in [3.05, 3.63) is 77.1 Å². The number of nitrogens with zero attached hydrogens (tertiary/aromatic N) is 1. The van der Waals surface area contributed by atoms with Crippen LogP contribution in [0.5, 0.6) is 11.5 Å². The van der Waals surface area contributed by atoms with Crippen molar-refractivity contribution in [2.75, 3.05) is 26.1 Å². The minimum absolute atomic E-state index is 0.393. The highest BCUT2D eigenvalue weighted by Crippen LogP contribution is 2.29. The third-order valence-corrected chi connectivity index (χ3v) is 4.98. The molecule has 0 saturated carbocycles. The lowest BCUT2D eigenvalue weighted by Gasteiger charge is -2.11. The standard InChI is InChI=1S/C24H26N2O5/c1-16-12-20(17(2)26(16)14-18-8-6-5-7-9-18)24(28)31-15-23(27)25-19-10-11-21(29-3)22(13-19)30-4/h5-13H,14-15H2,1-4H3,(H,25,27). The summed E-state index contributed by atoms with van der Waals surface area (Å²) in [5, 5.41) is 2.68. The van der Waals surface area contributed by atoms with Crippen molar-refractivity contribution >= 4 is 17.6 Å². The predicted octanol–water partition coefficient (Wildman–Crippen LogP) is 3.97. The summed E-state index contributed by atoms with van der Waals surface area (Å²) in [5.74, 6) is 0.0643. The van der Waals surface area contributed by atoms with E-state index in [1.165, 1.54) is 14.2 Å². The van der Waals surface area contributed by atoms with Crippen LogP contribution < -0.4 is 14.8 Å². The number of nitrogens with one attached hydrogen (secondary N) is 1. The van der Waals surface area contributed by atoms with E-state index in [4.69, 9.17) is 14.2 Å². The summed E-state index contributed by atoms with van der Waals surface area (Å²) >= 11 is 0. The Bertz CT molecular complexity index is 1070. The highest BCUT2D eigenvalue weighted by Gasteiger charge is 2.18. The Morgan fingerprint density at radius 3 is 2.32 bits per heavy atom. The second-order valence-electron chi connectivity index (χ2n) is 7.05. The van der Waals surface area contributed by atoms with Crippen molar-refractivity contribution < 1.29 is 23.8 Å². The topological polar surface area (TPSA) is 78.8 Å². The maximum atomic E-state index is 12.6. The van der Waals surface area contributed by atoms with E-state index in [1.54, 1.807) is 24.3 Å². The van der Waals surface area contributed by atoms with E-state index in [1.807, 2.05) is 44.2 Å². The molecule has 3 rings (SSSR count). The molecule has 31 heavy (non-hydrogen) atoms. The first-order valence-electron chi connectivity index (χ1n) is 9.82. The van der Waals surface area contributed by atoms with Crippen molar-refractivity contribution in [2.24, 2.45) is 0 Å². The quantitative estimate of drug-likeness (QED) is 0.556. The van der Waals surface area contributed by atoms with Crippen molar-refractivity contribution in [1.29, 1.82) is 0 Å². The van der Waals surface area contributed by atoms with Crippen LogP contribution >= 0.6 is 0 Å². The fraction of sp³-hybridized carbons (Fsp3) is 0.250. The molecule has 0 spiro atoms. The predicted molar refractivity (Wildman–Crippen MR) is 118 cm³/mol. The molecule has 0 unspecified atom stereocenters. The Labute approximate surface area is 181 Å². The molecule has 2 aromatic carbocycles. The van der Waals surface area contributed by atoms with Gasteiger partial charge in [-0.25, -0.2) is 4.79 Å². The zero-order chi connectivity index (χ0) is 22.4. The lowest BCUT2D eigenvalue weighted by atomic mass is 10.2. The lowest BCUT2D eigenvalue weighted by Crippen LogP contribution is -2.21. The summed E-state index contributed by atoms with van der Waals surface area (Å²) in [5.41, 5.74) is 3.85. The van der Waals surface area contributed by atoms with E-state index in [2.05, 4.69) is 9.88 Å². The van der Waals surface area contributed by atoms with Crippen LogP contribution in [-0.4, -0.2) is 37.3 Å². The van der Waals surface area contributed by atoms with Gasteiger partial charge >= 0.3 is 5.97 Å². The second-order valence-corrected chi connectivity index (χ2v) is 7.05. The number of hydrogen-bond acceptors (Lipinski definition) is 5. The van der Waals surface area contributed by atoms with Gasteiger partial charge in [0.25, 0.3) is 5.91 Å². The van der Waals surface area contributed by atoms with Gasteiger partial charge in [-0.05, 0) is 37.6 Å². The van der Waals surface area contributed by atoms with Gasteiger partial charge in [0.2, 0.25) is 0 Å². The van der Waals surface area contributed by atoms with Gasteiger partial charge < -0.3 is 24.1 Å². The number of rotatable bonds is 8. The number of carbonyl (C=O) groups is 2. The van der Waals surface area contributed by atoms with Gasteiger partial charge in [-0.2, -0.15) is 0 Å². The summed E-state index contributed by atoms with van der Waals surface area (Å²) in [6.07, 6.45) is 0. The van der Waals surface area contributed by atoms with Crippen molar-refractivity contribution in [3.63, 3.8) is 0 Å². The summed E-state index contributed by atoms with van der Waals surface area (Å²) < 4.78 is 17.7. The maximum absolute atomic E-state index is 12.6. The molecule has 1 amide bonds. The molecule has 1 heterocycles. The summed E-state index contributed by atoms with van der Waals surface area (Å²) in [6.45, 7) is 4.08. The van der Waals surface area contributed by atoms with Gasteiger partial charge in [0.1, 0.15) is 0 Å². The first kappa shape index (κ1) is 22.0. The van der Waals surface area contributed by atoms with Crippen molar-refractivity contribution in [2.45, 2.75) is 20.4 Å². The molecule has 0 atom stereocenters. The number of ether oxygens (including phenoxy) is 3. The van der Waals surface area contributed by atoms with E-state index >= 15 is 0 Å². The number of methoxy groups -OCH3 is 2. The van der Waals surface area contributed by atoms with Crippen molar-refractivity contribution in [3.8, 4) is 11.5 Å². The Kier molecular flexibility index (Phi) is 6.97. The Balaban J connectivity index is 1.62. The van der Waals surface area contributed by atoms with Crippen LogP contribution in [0.25, 0.3) is 0 Å². The van der Waals surface area contributed by atoms with E-state index in [-0.39, 0.29) is 0 Å². The molecule has 162 valence electrons. The molecule has 0 fully saturated rings. The Morgan fingerprint density at radius 1 is 0.935 bits per heavy atom. The molecule has 7 heteroatoms. The van der Waals surface area contributed by atoms with Crippen LogP contribution in [0.1, 0.15) is 27.3 Å². The molecule has 0 aliphatic carbocycles. The fourth-order valence-corrected chi connectivity index (χ4v) is 3.34. The number of aryl methyl sites for hydroxylation is 1. The summed E-state index contributed by atoms with van der Waals surface area (Å²) in [4.78, 5) is 24.8. The minimum atomic E-state index is -0.533. The third kappa shape index (κ3) is 5.25. The molecule has 3 aromatic rings. The molecule has 0 bridgehead atoms. The van der Waals surface area contributed by atoms with Gasteiger partial charge in [-0.1, -0.05) is 30.3 Å². The highest BCUT2D eigenvalue weighted by molar-refractivity contribution is 5.96. The van der Waals surface area contributed by atoms with Gasteiger partial charge in [-0.3, -0.25) is 4.79 Å². The molecular weight excluding hydrogens is 396 g/mol. The number of carbonyl (C=O) groups excluding carboxylic acids is 2.